The van der Waals surface area contributed by atoms with Crippen LogP contribution in [0.15, 0.2) is 24.3 Å². The number of hydrogen-bond donors (Lipinski definition) is 0. The summed E-state index contributed by atoms with van der Waals surface area (Å²) in [6.07, 6.45) is 0. The van der Waals surface area contributed by atoms with Crippen LogP contribution in [-0.4, -0.2) is 9.55 Å². The molecule has 0 atom stereocenters. The number of benzene rings is 1. The lowest BCUT2D eigenvalue weighted by molar-refractivity contribution is 0.906. The third kappa shape index (κ3) is 1.68. The third-order valence-corrected chi connectivity index (χ3v) is 2.73. The van der Waals surface area contributed by atoms with E-state index in [-0.39, 0.29) is 0 Å². The highest BCUT2D eigenvalue weighted by molar-refractivity contribution is 6.30. The van der Waals surface area contributed by atoms with Gasteiger partial charge in [-0.3, -0.25) is 0 Å². The Morgan fingerprint density at radius 1 is 1.31 bits per heavy atom. The SMILES string of the molecule is Cc1nc(-c2ccc(Cl)cc2)n(C)c1C#N. The van der Waals surface area contributed by atoms with E-state index in [1.54, 1.807) is 4.57 Å². The number of nitriles is 1. The number of aryl methyl sites for hydroxylation is 1. The van der Waals surface area contributed by atoms with Crippen molar-refractivity contribution in [1.29, 1.82) is 5.26 Å². The fraction of sp³-hybridized carbons (Fsp3) is 0.167. The van der Waals surface area contributed by atoms with Crippen LogP contribution >= 0.6 is 11.6 Å². The highest BCUT2D eigenvalue weighted by Gasteiger charge is 2.12. The van der Waals surface area contributed by atoms with Gasteiger partial charge in [-0.2, -0.15) is 5.26 Å². The first kappa shape index (κ1) is 10.7. The molecule has 1 heterocycles. The molecule has 0 fully saturated rings. The Morgan fingerprint density at radius 3 is 2.44 bits per heavy atom. The first-order valence-corrected chi connectivity index (χ1v) is 5.20. The molecule has 0 saturated carbocycles. The molecule has 0 aliphatic heterocycles. The quantitative estimate of drug-likeness (QED) is 0.757. The second-order valence-electron chi connectivity index (χ2n) is 3.55. The molecule has 0 aliphatic carbocycles. The monoisotopic (exact) mass is 231 g/mol. The van der Waals surface area contributed by atoms with E-state index in [9.17, 15) is 0 Å². The number of halogens is 1. The van der Waals surface area contributed by atoms with Gasteiger partial charge < -0.3 is 4.57 Å². The molecule has 2 rings (SSSR count). The lowest BCUT2D eigenvalue weighted by atomic mass is 10.2. The van der Waals surface area contributed by atoms with Crippen molar-refractivity contribution in [2.45, 2.75) is 6.92 Å². The summed E-state index contributed by atoms with van der Waals surface area (Å²) in [7, 11) is 1.84. The van der Waals surface area contributed by atoms with Crippen molar-refractivity contribution >= 4 is 11.6 Å². The predicted molar refractivity (Wildman–Crippen MR) is 63.1 cm³/mol. The number of imidazole rings is 1. The van der Waals surface area contributed by atoms with Crippen molar-refractivity contribution in [1.82, 2.24) is 9.55 Å². The fourth-order valence-electron chi connectivity index (χ4n) is 1.65. The van der Waals surface area contributed by atoms with Crippen LogP contribution in [0.25, 0.3) is 11.4 Å². The highest BCUT2D eigenvalue weighted by atomic mass is 35.5. The molecule has 16 heavy (non-hydrogen) atoms. The van der Waals surface area contributed by atoms with E-state index in [1.165, 1.54) is 0 Å². The largest absolute Gasteiger partial charge is 0.319 e. The molecule has 2 aromatic rings. The maximum Gasteiger partial charge on any atom is 0.143 e. The Kier molecular flexibility index (Phi) is 2.67. The summed E-state index contributed by atoms with van der Waals surface area (Å²) in [6, 6.07) is 9.55. The van der Waals surface area contributed by atoms with Crippen LogP contribution < -0.4 is 0 Å². The van der Waals surface area contributed by atoms with E-state index in [4.69, 9.17) is 16.9 Å². The van der Waals surface area contributed by atoms with Crippen LogP contribution in [0.5, 0.6) is 0 Å². The molecule has 4 heteroatoms. The smallest absolute Gasteiger partial charge is 0.143 e. The van der Waals surface area contributed by atoms with Gasteiger partial charge in [0, 0.05) is 17.6 Å². The van der Waals surface area contributed by atoms with Gasteiger partial charge in [0.1, 0.15) is 17.6 Å². The maximum atomic E-state index is 8.97. The molecule has 0 N–H and O–H groups in total. The van der Waals surface area contributed by atoms with Gasteiger partial charge in [-0.15, -0.1) is 0 Å². The van der Waals surface area contributed by atoms with Gasteiger partial charge in [0.15, 0.2) is 0 Å². The van der Waals surface area contributed by atoms with E-state index in [2.05, 4.69) is 11.1 Å². The van der Waals surface area contributed by atoms with Crippen LogP contribution in [0, 0.1) is 18.3 Å². The first-order valence-electron chi connectivity index (χ1n) is 4.83. The van der Waals surface area contributed by atoms with E-state index < -0.39 is 0 Å². The molecule has 0 bridgehead atoms. The molecule has 1 aromatic heterocycles. The molecular weight excluding hydrogens is 222 g/mol. The molecule has 0 saturated heterocycles. The fourth-order valence-corrected chi connectivity index (χ4v) is 1.77. The molecule has 0 unspecified atom stereocenters. The normalized spacial score (nSPS) is 10.1. The number of nitrogens with zero attached hydrogens (tertiary/aromatic N) is 3. The molecular formula is C12H10ClN3. The summed E-state index contributed by atoms with van der Waals surface area (Å²) in [4.78, 5) is 4.38. The van der Waals surface area contributed by atoms with Crippen molar-refractivity contribution in [3.63, 3.8) is 0 Å². The zero-order chi connectivity index (χ0) is 11.7. The molecule has 0 amide bonds. The summed E-state index contributed by atoms with van der Waals surface area (Å²) in [5.41, 5.74) is 2.29. The maximum absolute atomic E-state index is 8.97. The minimum atomic E-state index is 0.588. The Labute approximate surface area is 98.9 Å². The van der Waals surface area contributed by atoms with Crippen LogP contribution in [0.4, 0.5) is 0 Å². The second-order valence-corrected chi connectivity index (χ2v) is 3.98. The van der Waals surface area contributed by atoms with Crippen molar-refractivity contribution in [3.8, 4) is 17.5 Å². The zero-order valence-corrected chi connectivity index (χ0v) is 9.78. The first-order chi connectivity index (χ1) is 7.63. The average Bonchev–Trinajstić information content (AvgIpc) is 2.55. The highest BCUT2D eigenvalue weighted by Crippen LogP contribution is 2.22. The minimum Gasteiger partial charge on any atom is -0.319 e. The van der Waals surface area contributed by atoms with Crippen LogP contribution in [0.3, 0.4) is 0 Å². The molecule has 0 radical (unpaired) electrons. The number of aromatic nitrogens is 2. The van der Waals surface area contributed by atoms with E-state index >= 15 is 0 Å². The number of rotatable bonds is 1. The van der Waals surface area contributed by atoms with Crippen molar-refractivity contribution in [2.24, 2.45) is 7.05 Å². The van der Waals surface area contributed by atoms with Crippen LogP contribution in [0.1, 0.15) is 11.4 Å². The zero-order valence-electron chi connectivity index (χ0n) is 9.03. The Morgan fingerprint density at radius 2 is 1.94 bits per heavy atom. The lowest BCUT2D eigenvalue weighted by Crippen LogP contribution is -1.95. The van der Waals surface area contributed by atoms with E-state index in [1.807, 2.05) is 38.2 Å². The number of hydrogen-bond acceptors (Lipinski definition) is 2. The van der Waals surface area contributed by atoms with Gasteiger partial charge in [0.25, 0.3) is 0 Å². The van der Waals surface area contributed by atoms with Gasteiger partial charge in [-0.05, 0) is 31.2 Å². The van der Waals surface area contributed by atoms with Crippen molar-refractivity contribution in [3.05, 3.63) is 40.7 Å². The third-order valence-electron chi connectivity index (χ3n) is 2.48. The molecule has 1 aromatic carbocycles. The predicted octanol–water partition coefficient (Wildman–Crippen LogP) is 2.92. The summed E-state index contributed by atoms with van der Waals surface area (Å²) in [5.74, 6) is 0.783. The summed E-state index contributed by atoms with van der Waals surface area (Å²) < 4.78 is 1.79. The molecule has 0 spiro atoms. The molecule has 0 aliphatic rings. The van der Waals surface area contributed by atoms with Gasteiger partial charge in [-0.25, -0.2) is 4.98 Å². The van der Waals surface area contributed by atoms with Gasteiger partial charge in [0.2, 0.25) is 0 Å². The lowest BCUT2D eigenvalue weighted by Gasteiger charge is -2.01. The molecule has 3 nitrogen and oxygen atoms in total. The topological polar surface area (TPSA) is 41.6 Å². The van der Waals surface area contributed by atoms with Crippen molar-refractivity contribution < 1.29 is 0 Å². The Bertz CT molecular complexity index is 561. The van der Waals surface area contributed by atoms with Crippen molar-refractivity contribution in [2.75, 3.05) is 0 Å². The van der Waals surface area contributed by atoms with Gasteiger partial charge in [0.05, 0.1) is 5.69 Å². The molecule has 80 valence electrons. The Hall–Kier alpha value is -1.79. The van der Waals surface area contributed by atoms with Crippen LogP contribution in [0.2, 0.25) is 5.02 Å². The minimum absolute atomic E-state index is 0.588. The summed E-state index contributed by atoms with van der Waals surface area (Å²) in [6.45, 7) is 1.83. The van der Waals surface area contributed by atoms with Gasteiger partial charge in [-0.1, -0.05) is 11.6 Å². The standard InChI is InChI=1S/C12H10ClN3/c1-8-11(7-14)16(2)12(15-8)9-3-5-10(13)6-4-9/h3-6H,1-2H3. The average molecular weight is 232 g/mol. The van der Waals surface area contributed by atoms with E-state index in [0.29, 0.717) is 10.7 Å². The summed E-state index contributed by atoms with van der Waals surface area (Å²) in [5, 5.41) is 9.66. The summed E-state index contributed by atoms with van der Waals surface area (Å²) >= 11 is 5.82. The Balaban J connectivity index is 2.58. The second kappa shape index (κ2) is 3.99. The van der Waals surface area contributed by atoms with E-state index in [0.717, 1.165) is 17.1 Å². The van der Waals surface area contributed by atoms with Crippen LogP contribution in [-0.2, 0) is 7.05 Å². The van der Waals surface area contributed by atoms with Gasteiger partial charge >= 0.3 is 0 Å².